The highest BCUT2D eigenvalue weighted by Crippen LogP contribution is 2.17. The van der Waals surface area contributed by atoms with E-state index < -0.39 is 9.84 Å². The third-order valence-corrected chi connectivity index (χ3v) is 5.38. The van der Waals surface area contributed by atoms with Gasteiger partial charge in [0.15, 0.2) is 9.84 Å². The van der Waals surface area contributed by atoms with Gasteiger partial charge in [0.2, 0.25) is 0 Å². The Morgan fingerprint density at radius 3 is 2.46 bits per heavy atom. The summed E-state index contributed by atoms with van der Waals surface area (Å²) in [6.07, 6.45) is 0. The van der Waals surface area contributed by atoms with Crippen LogP contribution in [0.5, 0.6) is 0 Å². The maximum Gasteiger partial charge on any atom is 0.253 e. The molecule has 2 rings (SSSR count). The molecule has 0 saturated carbocycles. The lowest BCUT2D eigenvalue weighted by molar-refractivity contribution is 0.0796. The molecule has 0 aromatic heterocycles. The molecular formula is C18H22N2O3S. The van der Waals surface area contributed by atoms with E-state index in [1.807, 2.05) is 7.05 Å². The minimum atomic E-state index is -3.43. The highest BCUT2D eigenvalue weighted by Gasteiger charge is 2.17. The number of carbonyl (C=O) groups excluding carboxylic acids is 1. The van der Waals surface area contributed by atoms with Gasteiger partial charge in [-0.25, -0.2) is 8.42 Å². The first-order valence-corrected chi connectivity index (χ1v) is 9.36. The number of hydrogen-bond acceptors (Lipinski definition) is 4. The van der Waals surface area contributed by atoms with Crippen molar-refractivity contribution in [2.45, 2.75) is 10.6 Å². The van der Waals surface area contributed by atoms with Crippen molar-refractivity contribution in [3.8, 4) is 0 Å². The number of sulfone groups is 1. The fourth-order valence-corrected chi connectivity index (χ4v) is 3.68. The van der Waals surface area contributed by atoms with Crippen LogP contribution < -0.4 is 5.32 Å². The Balaban J connectivity index is 2.17. The maximum atomic E-state index is 12.5. The number of rotatable bonds is 7. The zero-order valence-corrected chi connectivity index (χ0v) is 14.7. The summed E-state index contributed by atoms with van der Waals surface area (Å²) >= 11 is 0. The number of carbonyl (C=O) groups is 1. The van der Waals surface area contributed by atoms with Gasteiger partial charge in [0.1, 0.15) is 0 Å². The van der Waals surface area contributed by atoms with E-state index in [2.05, 4.69) is 5.32 Å². The van der Waals surface area contributed by atoms with Gasteiger partial charge in [0.05, 0.1) is 10.6 Å². The summed E-state index contributed by atoms with van der Waals surface area (Å²) in [6, 6.07) is 15.1. The fraction of sp³-hybridized carbons (Fsp3) is 0.278. The summed E-state index contributed by atoms with van der Waals surface area (Å²) in [5, 5.41) is 2.99. The van der Waals surface area contributed by atoms with Crippen LogP contribution in [-0.2, 0) is 15.6 Å². The van der Waals surface area contributed by atoms with E-state index in [-0.39, 0.29) is 16.6 Å². The quantitative estimate of drug-likeness (QED) is 0.832. The van der Waals surface area contributed by atoms with Gasteiger partial charge >= 0.3 is 0 Å². The van der Waals surface area contributed by atoms with Gasteiger partial charge in [-0.15, -0.1) is 0 Å². The van der Waals surface area contributed by atoms with Gasteiger partial charge in [0.25, 0.3) is 5.91 Å². The molecule has 0 spiro atoms. The Hall–Kier alpha value is -2.18. The van der Waals surface area contributed by atoms with Crippen molar-refractivity contribution in [3.05, 3.63) is 65.7 Å². The van der Waals surface area contributed by atoms with E-state index in [9.17, 15) is 13.2 Å². The van der Waals surface area contributed by atoms with Gasteiger partial charge in [-0.2, -0.15) is 0 Å². The minimum absolute atomic E-state index is 0.121. The predicted molar refractivity (Wildman–Crippen MR) is 94.7 cm³/mol. The lowest BCUT2D eigenvalue weighted by Crippen LogP contribution is -2.32. The summed E-state index contributed by atoms with van der Waals surface area (Å²) in [5.74, 6) is -0.248. The van der Waals surface area contributed by atoms with E-state index >= 15 is 0 Å². The number of likely N-dealkylation sites (N-methyl/N-ethyl adjacent to an activating group) is 2. The van der Waals surface area contributed by atoms with Crippen molar-refractivity contribution in [1.29, 1.82) is 0 Å². The zero-order valence-electron chi connectivity index (χ0n) is 13.9. The second-order valence-corrected chi connectivity index (χ2v) is 7.59. The second-order valence-electron chi connectivity index (χ2n) is 5.60. The molecule has 0 bridgehead atoms. The molecule has 0 heterocycles. The van der Waals surface area contributed by atoms with Crippen LogP contribution in [-0.4, -0.2) is 46.4 Å². The third-order valence-electron chi connectivity index (χ3n) is 3.68. The molecule has 2 aromatic rings. The average Bonchev–Trinajstić information content (AvgIpc) is 2.59. The lowest BCUT2D eigenvalue weighted by Gasteiger charge is -2.17. The molecule has 0 radical (unpaired) electrons. The molecular weight excluding hydrogens is 324 g/mol. The first-order chi connectivity index (χ1) is 11.4. The first-order valence-electron chi connectivity index (χ1n) is 7.71. The number of amides is 1. The van der Waals surface area contributed by atoms with Crippen LogP contribution in [0.15, 0.2) is 59.5 Å². The molecule has 0 atom stereocenters. The summed E-state index contributed by atoms with van der Waals surface area (Å²) in [5.41, 5.74) is 1.10. The molecule has 1 amide bonds. The highest BCUT2D eigenvalue weighted by atomic mass is 32.2. The Morgan fingerprint density at radius 1 is 1.08 bits per heavy atom. The smallest absolute Gasteiger partial charge is 0.253 e. The Bertz CT molecular complexity index is 789. The highest BCUT2D eigenvalue weighted by molar-refractivity contribution is 7.90. The summed E-state index contributed by atoms with van der Waals surface area (Å²) in [4.78, 5) is 14.3. The van der Waals surface area contributed by atoms with Crippen LogP contribution in [0, 0.1) is 0 Å². The second kappa shape index (κ2) is 8.08. The summed E-state index contributed by atoms with van der Waals surface area (Å²) in [6.45, 7) is 1.28. The number of nitrogens with one attached hydrogen (secondary N) is 1. The number of benzene rings is 2. The molecule has 0 aliphatic carbocycles. The van der Waals surface area contributed by atoms with Gasteiger partial charge in [0, 0.05) is 25.7 Å². The molecule has 24 heavy (non-hydrogen) atoms. The zero-order chi connectivity index (χ0) is 17.6. The average molecular weight is 346 g/mol. The van der Waals surface area contributed by atoms with Crippen LogP contribution in [0.2, 0.25) is 0 Å². The predicted octanol–water partition coefficient (Wildman–Crippen LogP) is 1.95. The first kappa shape index (κ1) is 18.2. The summed E-state index contributed by atoms with van der Waals surface area (Å²) < 4.78 is 24.9. The minimum Gasteiger partial charge on any atom is -0.340 e. The van der Waals surface area contributed by atoms with Crippen molar-refractivity contribution in [1.82, 2.24) is 10.2 Å². The van der Waals surface area contributed by atoms with Gasteiger partial charge in [-0.05, 0) is 36.9 Å². The molecule has 128 valence electrons. The molecule has 5 nitrogen and oxygen atoms in total. The molecule has 0 aliphatic rings. The maximum absolute atomic E-state index is 12.5. The molecule has 2 aromatic carbocycles. The topological polar surface area (TPSA) is 66.5 Å². The molecule has 6 heteroatoms. The lowest BCUT2D eigenvalue weighted by atomic mass is 10.1. The standard InChI is InChI=1S/C18H22N2O3S/c1-19-11-12-20(2)18(21)16-8-6-7-15(13-16)14-24(22,23)17-9-4-3-5-10-17/h3-10,13,19H,11-12,14H2,1-2H3. The van der Waals surface area contributed by atoms with Crippen molar-refractivity contribution in [2.24, 2.45) is 0 Å². The van der Waals surface area contributed by atoms with E-state index in [4.69, 9.17) is 0 Å². The Morgan fingerprint density at radius 2 is 1.79 bits per heavy atom. The number of hydrogen-bond donors (Lipinski definition) is 1. The van der Waals surface area contributed by atoms with Crippen LogP contribution in [0.4, 0.5) is 0 Å². The molecule has 0 fully saturated rings. The molecule has 1 N–H and O–H groups in total. The molecule has 0 unspecified atom stereocenters. The van der Waals surface area contributed by atoms with Gasteiger partial charge in [-0.1, -0.05) is 30.3 Å². The Labute approximate surface area is 143 Å². The van der Waals surface area contributed by atoms with Crippen LogP contribution >= 0.6 is 0 Å². The Kier molecular flexibility index (Phi) is 6.11. The molecule has 0 aliphatic heterocycles. The van der Waals surface area contributed by atoms with Crippen molar-refractivity contribution >= 4 is 15.7 Å². The van der Waals surface area contributed by atoms with E-state index in [0.717, 1.165) is 0 Å². The monoisotopic (exact) mass is 346 g/mol. The van der Waals surface area contributed by atoms with Crippen LogP contribution in [0.1, 0.15) is 15.9 Å². The summed E-state index contributed by atoms with van der Waals surface area (Å²) in [7, 11) is 0.131. The third kappa shape index (κ3) is 4.66. The fourth-order valence-electron chi connectivity index (χ4n) is 2.33. The van der Waals surface area contributed by atoms with E-state index in [0.29, 0.717) is 24.2 Å². The normalized spacial score (nSPS) is 11.2. The van der Waals surface area contributed by atoms with Crippen molar-refractivity contribution < 1.29 is 13.2 Å². The largest absolute Gasteiger partial charge is 0.340 e. The van der Waals surface area contributed by atoms with Crippen molar-refractivity contribution in [2.75, 3.05) is 27.2 Å². The van der Waals surface area contributed by atoms with Crippen LogP contribution in [0.25, 0.3) is 0 Å². The number of nitrogens with zero attached hydrogens (tertiary/aromatic N) is 1. The van der Waals surface area contributed by atoms with Crippen LogP contribution in [0.3, 0.4) is 0 Å². The molecule has 0 saturated heterocycles. The van der Waals surface area contributed by atoms with E-state index in [1.54, 1.807) is 66.5 Å². The van der Waals surface area contributed by atoms with E-state index in [1.165, 1.54) is 0 Å². The van der Waals surface area contributed by atoms with Gasteiger partial charge < -0.3 is 10.2 Å². The SMILES string of the molecule is CNCCN(C)C(=O)c1cccc(CS(=O)(=O)c2ccccc2)c1. The van der Waals surface area contributed by atoms with Crippen molar-refractivity contribution in [3.63, 3.8) is 0 Å². The van der Waals surface area contributed by atoms with Gasteiger partial charge in [-0.3, -0.25) is 4.79 Å².